The average Bonchev–Trinajstić information content (AvgIpc) is 2.27. The number of nitrogens with two attached hydrogens (primary N) is 1. The maximum absolute atomic E-state index is 11.1. The number of amides is 2. The molecule has 1 aromatic rings. The zero-order valence-corrected chi connectivity index (χ0v) is 9.46. The Morgan fingerprint density at radius 2 is 2.00 bits per heavy atom. The first-order valence-electron chi connectivity index (χ1n) is 4.85. The lowest BCUT2D eigenvalue weighted by Gasteiger charge is -2.09. The molecule has 16 heavy (non-hydrogen) atoms. The smallest absolute Gasteiger partial charge is 0.239 e. The van der Waals surface area contributed by atoms with Gasteiger partial charge in [0.15, 0.2) is 0 Å². The molecular formula is C11H13ClN2O2. The molecule has 5 heteroatoms. The first kappa shape index (κ1) is 12.5. The minimum atomic E-state index is -0.363. The summed E-state index contributed by atoms with van der Waals surface area (Å²) in [5.74, 6) is -0.726. The van der Waals surface area contributed by atoms with Crippen molar-refractivity contribution in [1.29, 1.82) is 0 Å². The second-order valence-electron chi connectivity index (χ2n) is 3.31. The number of primary amides is 1. The van der Waals surface area contributed by atoms with Gasteiger partial charge in [0, 0.05) is 12.1 Å². The van der Waals surface area contributed by atoms with Crippen LogP contribution in [-0.4, -0.2) is 17.7 Å². The van der Waals surface area contributed by atoms with Crippen molar-refractivity contribution < 1.29 is 9.59 Å². The van der Waals surface area contributed by atoms with Crippen LogP contribution in [0.15, 0.2) is 24.3 Å². The minimum Gasteiger partial charge on any atom is -0.370 e. The van der Waals surface area contributed by atoms with E-state index >= 15 is 0 Å². The van der Waals surface area contributed by atoms with Crippen LogP contribution in [0.2, 0.25) is 0 Å². The predicted octanol–water partition coefficient (Wildman–Crippen LogP) is 1.28. The summed E-state index contributed by atoms with van der Waals surface area (Å²) >= 11 is 5.40. The van der Waals surface area contributed by atoms with Crippen molar-refractivity contribution in [3.63, 3.8) is 0 Å². The van der Waals surface area contributed by atoms with Crippen LogP contribution in [0.1, 0.15) is 12.0 Å². The van der Waals surface area contributed by atoms with Crippen molar-refractivity contribution in [2.75, 3.05) is 11.2 Å². The molecule has 0 aliphatic rings. The van der Waals surface area contributed by atoms with Crippen LogP contribution < -0.4 is 11.1 Å². The SMILES string of the molecule is NC(=O)CCc1ccccc1NC(=O)CCl. The van der Waals surface area contributed by atoms with Crippen molar-refractivity contribution in [3.8, 4) is 0 Å². The van der Waals surface area contributed by atoms with Gasteiger partial charge in [-0.05, 0) is 18.1 Å². The highest BCUT2D eigenvalue weighted by Gasteiger charge is 2.06. The topological polar surface area (TPSA) is 72.2 Å². The number of halogens is 1. The summed E-state index contributed by atoms with van der Waals surface area (Å²) in [5.41, 5.74) is 6.62. The Hall–Kier alpha value is -1.55. The first-order valence-corrected chi connectivity index (χ1v) is 5.39. The van der Waals surface area contributed by atoms with Crippen LogP contribution in [0.4, 0.5) is 5.69 Å². The standard InChI is InChI=1S/C11H13ClN2O2/c12-7-11(16)14-9-4-2-1-3-8(9)5-6-10(13)15/h1-4H,5-7H2,(H2,13,15)(H,14,16). The molecule has 0 atom stereocenters. The zero-order chi connectivity index (χ0) is 12.0. The van der Waals surface area contributed by atoms with Crippen molar-refractivity contribution >= 4 is 29.1 Å². The Kier molecular flexibility index (Phi) is 4.79. The summed E-state index contributed by atoms with van der Waals surface area (Å²) in [6.07, 6.45) is 0.766. The highest BCUT2D eigenvalue weighted by molar-refractivity contribution is 6.29. The van der Waals surface area contributed by atoms with Gasteiger partial charge in [0.05, 0.1) is 0 Å². The molecule has 0 aromatic heterocycles. The van der Waals surface area contributed by atoms with Gasteiger partial charge in [-0.3, -0.25) is 9.59 Å². The number of carbonyl (C=O) groups excluding carboxylic acids is 2. The molecule has 3 N–H and O–H groups in total. The number of alkyl halides is 1. The molecule has 0 heterocycles. The zero-order valence-electron chi connectivity index (χ0n) is 8.70. The van der Waals surface area contributed by atoms with Gasteiger partial charge >= 0.3 is 0 Å². The monoisotopic (exact) mass is 240 g/mol. The van der Waals surface area contributed by atoms with E-state index in [9.17, 15) is 9.59 Å². The molecule has 0 unspecified atom stereocenters. The first-order chi connectivity index (χ1) is 7.63. The quantitative estimate of drug-likeness (QED) is 0.761. The van der Waals surface area contributed by atoms with Crippen molar-refractivity contribution in [2.24, 2.45) is 5.73 Å². The molecule has 0 radical (unpaired) electrons. The number of rotatable bonds is 5. The van der Waals surface area contributed by atoms with E-state index in [1.54, 1.807) is 12.1 Å². The lowest BCUT2D eigenvalue weighted by molar-refractivity contribution is -0.118. The Balaban J connectivity index is 2.74. The lowest BCUT2D eigenvalue weighted by atomic mass is 10.1. The van der Waals surface area contributed by atoms with Crippen LogP contribution in [0.3, 0.4) is 0 Å². The van der Waals surface area contributed by atoms with Gasteiger partial charge in [-0.15, -0.1) is 11.6 Å². The van der Waals surface area contributed by atoms with E-state index in [1.807, 2.05) is 12.1 Å². The van der Waals surface area contributed by atoms with Crippen molar-refractivity contribution in [1.82, 2.24) is 0 Å². The molecular weight excluding hydrogens is 228 g/mol. The third-order valence-electron chi connectivity index (χ3n) is 2.05. The number of para-hydroxylation sites is 1. The molecule has 0 aliphatic carbocycles. The van der Waals surface area contributed by atoms with Gasteiger partial charge in [-0.1, -0.05) is 18.2 Å². The van der Waals surface area contributed by atoms with E-state index in [0.717, 1.165) is 5.56 Å². The maximum atomic E-state index is 11.1. The number of nitrogens with one attached hydrogen (secondary N) is 1. The second-order valence-corrected chi connectivity index (χ2v) is 3.57. The number of hydrogen-bond donors (Lipinski definition) is 2. The summed E-state index contributed by atoms with van der Waals surface area (Å²) in [5, 5.41) is 2.66. The van der Waals surface area contributed by atoms with Gasteiger partial charge in [-0.25, -0.2) is 0 Å². The highest BCUT2D eigenvalue weighted by atomic mass is 35.5. The number of aryl methyl sites for hydroxylation is 1. The molecule has 0 bridgehead atoms. The van der Waals surface area contributed by atoms with Gasteiger partial charge in [0.2, 0.25) is 11.8 Å². The van der Waals surface area contributed by atoms with E-state index in [1.165, 1.54) is 0 Å². The second kappa shape index (κ2) is 6.12. The van der Waals surface area contributed by atoms with Crippen LogP contribution in [0, 0.1) is 0 Å². The van der Waals surface area contributed by atoms with Crippen molar-refractivity contribution in [2.45, 2.75) is 12.8 Å². The van der Waals surface area contributed by atoms with Crippen molar-refractivity contribution in [3.05, 3.63) is 29.8 Å². The molecule has 1 rings (SSSR count). The minimum absolute atomic E-state index is 0.0931. The summed E-state index contributed by atoms with van der Waals surface area (Å²) in [6.45, 7) is 0. The number of hydrogen-bond acceptors (Lipinski definition) is 2. The van der Waals surface area contributed by atoms with Gasteiger partial charge in [0.1, 0.15) is 5.88 Å². The largest absolute Gasteiger partial charge is 0.370 e. The molecule has 0 saturated heterocycles. The number of carbonyl (C=O) groups is 2. The molecule has 1 aromatic carbocycles. The molecule has 86 valence electrons. The molecule has 4 nitrogen and oxygen atoms in total. The molecule has 0 aliphatic heterocycles. The third kappa shape index (κ3) is 3.90. The molecule has 2 amide bonds. The Morgan fingerprint density at radius 1 is 1.31 bits per heavy atom. The lowest BCUT2D eigenvalue weighted by Crippen LogP contribution is -2.15. The van der Waals surface area contributed by atoms with Gasteiger partial charge in [-0.2, -0.15) is 0 Å². The van der Waals surface area contributed by atoms with Gasteiger partial charge < -0.3 is 11.1 Å². The highest BCUT2D eigenvalue weighted by Crippen LogP contribution is 2.16. The molecule has 0 spiro atoms. The molecule has 0 saturated carbocycles. The number of benzene rings is 1. The molecule has 0 fully saturated rings. The van der Waals surface area contributed by atoms with Crippen LogP contribution in [0.5, 0.6) is 0 Å². The van der Waals surface area contributed by atoms with Crippen LogP contribution in [-0.2, 0) is 16.0 Å². The Labute approximate surface area is 98.8 Å². The number of anilines is 1. The summed E-state index contributed by atoms with van der Waals surface area (Å²) < 4.78 is 0. The summed E-state index contributed by atoms with van der Waals surface area (Å²) in [7, 11) is 0. The van der Waals surface area contributed by atoms with Crippen LogP contribution in [0.25, 0.3) is 0 Å². The summed E-state index contributed by atoms with van der Waals surface area (Å²) in [4.78, 5) is 21.8. The fraction of sp³-hybridized carbons (Fsp3) is 0.273. The normalized spacial score (nSPS) is 9.81. The van der Waals surface area contributed by atoms with E-state index in [4.69, 9.17) is 17.3 Å². The Bertz CT molecular complexity index is 393. The maximum Gasteiger partial charge on any atom is 0.239 e. The Morgan fingerprint density at radius 3 is 2.62 bits per heavy atom. The van der Waals surface area contributed by atoms with E-state index in [-0.39, 0.29) is 24.1 Å². The summed E-state index contributed by atoms with van der Waals surface area (Å²) in [6, 6.07) is 7.25. The van der Waals surface area contributed by atoms with E-state index < -0.39 is 0 Å². The average molecular weight is 241 g/mol. The predicted molar refractivity (Wildman–Crippen MR) is 63.3 cm³/mol. The van der Waals surface area contributed by atoms with Gasteiger partial charge in [0.25, 0.3) is 0 Å². The van der Waals surface area contributed by atoms with Crippen LogP contribution >= 0.6 is 11.6 Å². The fourth-order valence-corrected chi connectivity index (χ4v) is 1.37. The van der Waals surface area contributed by atoms with E-state index in [2.05, 4.69) is 5.32 Å². The van der Waals surface area contributed by atoms with E-state index in [0.29, 0.717) is 12.1 Å². The fourth-order valence-electron chi connectivity index (χ4n) is 1.30. The third-order valence-corrected chi connectivity index (χ3v) is 2.30.